The molecule has 33 heavy (non-hydrogen) atoms. The molecule has 4 amide bonds. The molecule has 178 valence electrons. The van der Waals surface area contributed by atoms with Gasteiger partial charge in [-0.1, -0.05) is 19.4 Å². The monoisotopic (exact) mass is 471 g/mol. The van der Waals surface area contributed by atoms with Gasteiger partial charge in [-0.15, -0.1) is 11.3 Å². The van der Waals surface area contributed by atoms with Gasteiger partial charge < -0.3 is 10.2 Å². The van der Waals surface area contributed by atoms with Crippen molar-refractivity contribution < 1.29 is 14.4 Å². The molecule has 1 atom stereocenters. The third kappa shape index (κ3) is 4.98. The number of likely N-dealkylation sites (tertiary alicyclic amines) is 1. The summed E-state index contributed by atoms with van der Waals surface area (Å²) < 4.78 is 1.80. The normalized spacial score (nSPS) is 21.6. The van der Waals surface area contributed by atoms with Crippen LogP contribution in [0.1, 0.15) is 49.6 Å². The number of carbonyl (C=O) groups is 3. The molecule has 2 fully saturated rings. The van der Waals surface area contributed by atoms with E-state index in [1.807, 2.05) is 48.5 Å². The van der Waals surface area contributed by atoms with Crippen LogP contribution >= 0.6 is 11.3 Å². The molecule has 2 aliphatic rings. The zero-order chi connectivity index (χ0) is 23.4. The molecule has 4 rings (SSSR count). The second-order valence-electron chi connectivity index (χ2n) is 9.06. The zero-order valence-corrected chi connectivity index (χ0v) is 20.3. The Morgan fingerprint density at radius 3 is 2.67 bits per heavy atom. The fourth-order valence-electron chi connectivity index (χ4n) is 5.15. The molecule has 8 nitrogen and oxygen atoms in total. The van der Waals surface area contributed by atoms with E-state index in [1.165, 1.54) is 9.78 Å². The highest BCUT2D eigenvalue weighted by molar-refractivity contribution is 7.09. The lowest BCUT2D eigenvalue weighted by Gasteiger charge is -2.41. The Balaban J connectivity index is 1.35. The summed E-state index contributed by atoms with van der Waals surface area (Å²) in [4.78, 5) is 43.5. The molecule has 0 unspecified atom stereocenters. The maximum atomic E-state index is 13.5. The van der Waals surface area contributed by atoms with Crippen molar-refractivity contribution in [2.75, 3.05) is 19.6 Å². The van der Waals surface area contributed by atoms with E-state index < -0.39 is 5.54 Å². The van der Waals surface area contributed by atoms with Crippen LogP contribution in [0.2, 0.25) is 0 Å². The second kappa shape index (κ2) is 10.1. The highest BCUT2D eigenvalue weighted by Crippen LogP contribution is 2.37. The highest BCUT2D eigenvalue weighted by atomic mass is 32.1. The van der Waals surface area contributed by atoms with Crippen LogP contribution in [0.15, 0.2) is 29.8 Å². The molecule has 0 radical (unpaired) electrons. The first-order valence-corrected chi connectivity index (χ1v) is 12.7. The van der Waals surface area contributed by atoms with E-state index in [4.69, 9.17) is 0 Å². The number of aromatic nitrogens is 2. The Hall–Kier alpha value is -2.68. The SMILES string of the molecule is CCC[C@]1(C2CCN(C(=O)CCn3ccc(C)n3)CC2)NC(=O)N(CCc2cccs2)C1=O. The maximum Gasteiger partial charge on any atom is 0.325 e. The Morgan fingerprint density at radius 1 is 1.24 bits per heavy atom. The van der Waals surface area contributed by atoms with Crippen molar-refractivity contribution in [2.24, 2.45) is 5.92 Å². The van der Waals surface area contributed by atoms with E-state index in [0.29, 0.717) is 45.4 Å². The number of hydrogen-bond acceptors (Lipinski definition) is 5. The average molecular weight is 472 g/mol. The lowest BCUT2D eigenvalue weighted by molar-refractivity contribution is -0.136. The molecular weight excluding hydrogens is 438 g/mol. The predicted molar refractivity (Wildman–Crippen MR) is 127 cm³/mol. The van der Waals surface area contributed by atoms with Crippen LogP contribution in [0, 0.1) is 12.8 Å². The van der Waals surface area contributed by atoms with Crippen molar-refractivity contribution in [1.82, 2.24) is 24.9 Å². The Kier molecular flexibility index (Phi) is 7.17. The van der Waals surface area contributed by atoms with Crippen molar-refractivity contribution in [3.05, 3.63) is 40.3 Å². The number of hydrogen-bond donors (Lipinski definition) is 1. The fourth-order valence-corrected chi connectivity index (χ4v) is 5.85. The van der Waals surface area contributed by atoms with Crippen molar-refractivity contribution in [3.63, 3.8) is 0 Å². The Bertz CT molecular complexity index is 980. The lowest BCUT2D eigenvalue weighted by atomic mass is 9.74. The fraction of sp³-hybridized carbons (Fsp3) is 0.583. The van der Waals surface area contributed by atoms with Gasteiger partial charge >= 0.3 is 6.03 Å². The number of nitrogens with zero attached hydrogens (tertiary/aromatic N) is 4. The van der Waals surface area contributed by atoms with Crippen LogP contribution in [0.3, 0.4) is 0 Å². The van der Waals surface area contributed by atoms with Crippen LogP contribution in [0.4, 0.5) is 4.79 Å². The summed E-state index contributed by atoms with van der Waals surface area (Å²) in [5, 5.41) is 9.43. The number of carbonyl (C=O) groups excluding carboxylic acids is 3. The Labute approximate surface area is 198 Å². The van der Waals surface area contributed by atoms with E-state index in [-0.39, 0.29) is 23.8 Å². The molecule has 2 aliphatic heterocycles. The first kappa shape index (κ1) is 23.5. The van der Waals surface area contributed by atoms with Crippen LogP contribution in [-0.2, 0) is 22.6 Å². The molecule has 2 aromatic rings. The quantitative estimate of drug-likeness (QED) is 0.569. The predicted octanol–water partition coefficient (Wildman–Crippen LogP) is 3.22. The third-order valence-electron chi connectivity index (χ3n) is 6.88. The van der Waals surface area contributed by atoms with E-state index in [2.05, 4.69) is 10.4 Å². The minimum absolute atomic E-state index is 0.0402. The topological polar surface area (TPSA) is 87.5 Å². The van der Waals surface area contributed by atoms with Crippen LogP contribution in [-0.4, -0.2) is 62.6 Å². The molecule has 2 aromatic heterocycles. The summed E-state index contributed by atoms with van der Waals surface area (Å²) in [6.07, 6.45) is 5.87. The zero-order valence-electron chi connectivity index (χ0n) is 19.5. The maximum absolute atomic E-state index is 13.5. The number of nitrogens with one attached hydrogen (secondary N) is 1. The van der Waals surface area contributed by atoms with Crippen LogP contribution < -0.4 is 5.32 Å². The number of urea groups is 1. The van der Waals surface area contributed by atoms with Crippen molar-refractivity contribution in [2.45, 2.75) is 64.5 Å². The molecule has 4 heterocycles. The Morgan fingerprint density at radius 2 is 2.03 bits per heavy atom. The molecule has 0 spiro atoms. The standard InChI is InChI=1S/C24H33N5O3S/c1-3-11-24(22(31)29(23(32)25-24)16-9-20-5-4-17-33-20)19-7-12-27(13-8-19)21(30)10-15-28-14-6-18(2)26-28/h4-6,14,17,19H,3,7-13,15-16H2,1-2H3,(H,25,32)/t24-/m1/s1. The van der Waals surface area contributed by atoms with Gasteiger partial charge in [0.1, 0.15) is 5.54 Å². The summed E-state index contributed by atoms with van der Waals surface area (Å²) in [5.41, 5.74) is 0.0976. The summed E-state index contributed by atoms with van der Waals surface area (Å²) >= 11 is 1.64. The minimum atomic E-state index is -0.844. The first-order chi connectivity index (χ1) is 15.9. The van der Waals surface area contributed by atoms with Crippen molar-refractivity contribution in [1.29, 1.82) is 0 Å². The molecule has 0 saturated carbocycles. The summed E-state index contributed by atoms with van der Waals surface area (Å²) in [6, 6.07) is 5.67. The molecular formula is C24H33N5O3S. The summed E-state index contributed by atoms with van der Waals surface area (Å²) in [5.74, 6) is 0.0636. The molecule has 9 heteroatoms. The van der Waals surface area contributed by atoms with Gasteiger partial charge in [0.2, 0.25) is 5.91 Å². The number of aryl methyl sites for hydroxylation is 2. The second-order valence-corrected chi connectivity index (χ2v) is 10.1. The molecule has 1 N–H and O–H groups in total. The van der Waals surface area contributed by atoms with Gasteiger partial charge in [-0.2, -0.15) is 5.10 Å². The average Bonchev–Trinajstić information content (AvgIpc) is 3.53. The third-order valence-corrected chi connectivity index (χ3v) is 7.82. The van der Waals surface area contributed by atoms with E-state index >= 15 is 0 Å². The van der Waals surface area contributed by atoms with E-state index in [9.17, 15) is 14.4 Å². The van der Waals surface area contributed by atoms with Crippen LogP contribution in [0.5, 0.6) is 0 Å². The van der Waals surface area contributed by atoms with Gasteiger partial charge in [0.15, 0.2) is 0 Å². The van der Waals surface area contributed by atoms with Gasteiger partial charge in [0.05, 0.1) is 5.69 Å². The number of rotatable bonds is 9. The number of imide groups is 1. The molecule has 0 aliphatic carbocycles. The lowest BCUT2D eigenvalue weighted by Crippen LogP contribution is -2.56. The molecule has 0 aromatic carbocycles. The molecule has 0 bridgehead atoms. The largest absolute Gasteiger partial charge is 0.343 e. The number of thiophene rings is 1. The van der Waals surface area contributed by atoms with Gasteiger partial charge in [-0.05, 0) is 56.0 Å². The number of piperidine rings is 1. The summed E-state index contributed by atoms with van der Waals surface area (Å²) in [7, 11) is 0. The van der Waals surface area contributed by atoms with Gasteiger partial charge in [-0.25, -0.2) is 4.79 Å². The van der Waals surface area contributed by atoms with Gasteiger partial charge in [-0.3, -0.25) is 19.2 Å². The highest BCUT2D eigenvalue weighted by Gasteiger charge is 2.55. The number of amides is 4. The smallest absolute Gasteiger partial charge is 0.325 e. The summed E-state index contributed by atoms with van der Waals surface area (Å²) in [6.45, 7) is 6.19. The molecule has 2 saturated heterocycles. The van der Waals surface area contributed by atoms with Crippen LogP contribution in [0.25, 0.3) is 0 Å². The van der Waals surface area contributed by atoms with Crippen molar-refractivity contribution in [3.8, 4) is 0 Å². The van der Waals surface area contributed by atoms with E-state index in [1.54, 1.807) is 16.0 Å². The van der Waals surface area contributed by atoms with Gasteiger partial charge in [0, 0.05) is 43.7 Å². The van der Waals surface area contributed by atoms with Crippen molar-refractivity contribution >= 4 is 29.2 Å². The first-order valence-electron chi connectivity index (χ1n) is 11.9. The van der Waals surface area contributed by atoms with E-state index in [0.717, 1.165) is 25.0 Å². The minimum Gasteiger partial charge on any atom is -0.343 e. The van der Waals surface area contributed by atoms with Gasteiger partial charge in [0.25, 0.3) is 5.91 Å².